The van der Waals surface area contributed by atoms with Gasteiger partial charge in [0.1, 0.15) is 17.8 Å². The fraction of sp³-hybridized carbons (Fsp3) is 0.353. The van der Waals surface area contributed by atoms with Gasteiger partial charge in [0.05, 0.1) is 5.92 Å². The van der Waals surface area contributed by atoms with Crippen LogP contribution in [0.1, 0.15) is 29.2 Å². The smallest absolute Gasteiger partial charge is 0.275 e. The third-order valence-electron chi connectivity index (χ3n) is 4.04. The number of rotatable bonds is 5. The lowest BCUT2D eigenvalue weighted by Gasteiger charge is -2.30. The van der Waals surface area contributed by atoms with Gasteiger partial charge in [-0.15, -0.1) is 0 Å². The molecular weight excluding hydrogens is 329 g/mol. The highest BCUT2D eigenvalue weighted by molar-refractivity contribution is 5.92. The first-order valence-electron chi connectivity index (χ1n) is 7.94. The van der Waals surface area contributed by atoms with Crippen molar-refractivity contribution in [3.8, 4) is 5.75 Å². The molecule has 2 amide bonds. The lowest BCUT2D eigenvalue weighted by atomic mass is 9.97. The van der Waals surface area contributed by atoms with Crippen molar-refractivity contribution < 1.29 is 23.1 Å². The van der Waals surface area contributed by atoms with E-state index in [1.807, 2.05) is 0 Å². The normalized spacial score (nSPS) is 17.3. The minimum absolute atomic E-state index is 0.0271. The molecule has 1 fully saturated rings. The Labute approximate surface area is 143 Å². The fourth-order valence-corrected chi connectivity index (χ4v) is 2.73. The van der Waals surface area contributed by atoms with Crippen molar-refractivity contribution >= 4 is 11.8 Å². The minimum Gasteiger partial charge on any atom is -0.484 e. The molecule has 1 aromatic carbocycles. The summed E-state index contributed by atoms with van der Waals surface area (Å²) in [4.78, 5) is 29.4. The van der Waals surface area contributed by atoms with E-state index >= 15 is 0 Å². The molecule has 0 saturated carbocycles. The molecule has 25 heavy (non-hydrogen) atoms. The van der Waals surface area contributed by atoms with Gasteiger partial charge in [-0.2, -0.15) is 0 Å². The molecule has 0 aliphatic carbocycles. The Bertz CT molecular complexity index is 777. The summed E-state index contributed by atoms with van der Waals surface area (Å²) in [6.07, 6.45) is 2.65. The van der Waals surface area contributed by atoms with E-state index in [4.69, 9.17) is 14.9 Å². The number of hydrogen-bond donors (Lipinski definition) is 1. The van der Waals surface area contributed by atoms with Gasteiger partial charge in [0.15, 0.2) is 12.3 Å². The van der Waals surface area contributed by atoms with Gasteiger partial charge in [0.25, 0.3) is 5.91 Å². The van der Waals surface area contributed by atoms with Crippen molar-refractivity contribution in [1.29, 1.82) is 0 Å². The molecule has 1 atom stereocenters. The Morgan fingerprint density at radius 1 is 1.44 bits per heavy atom. The molecule has 132 valence electrons. The summed E-state index contributed by atoms with van der Waals surface area (Å²) >= 11 is 0. The van der Waals surface area contributed by atoms with Gasteiger partial charge < -0.3 is 19.8 Å². The molecule has 1 saturated heterocycles. The number of carbonyl (C=O) groups is 2. The van der Waals surface area contributed by atoms with E-state index in [-0.39, 0.29) is 36.6 Å². The summed E-state index contributed by atoms with van der Waals surface area (Å²) < 4.78 is 23.7. The number of aromatic nitrogens is 1. The van der Waals surface area contributed by atoms with Crippen LogP contribution in [-0.4, -0.2) is 34.8 Å². The zero-order chi connectivity index (χ0) is 17.8. The van der Waals surface area contributed by atoms with Gasteiger partial charge in [-0.1, -0.05) is 6.07 Å². The topological polar surface area (TPSA) is 98.7 Å². The first-order valence-corrected chi connectivity index (χ1v) is 7.94. The molecule has 2 N–H and O–H groups in total. The maximum Gasteiger partial charge on any atom is 0.275 e. The van der Waals surface area contributed by atoms with Crippen molar-refractivity contribution in [1.82, 2.24) is 9.88 Å². The van der Waals surface area contributed by atoms with Gasteiger partial charge in [-0.3, -0.25) is 9.59 Å². The van der Waals surface area contributed by atoms with Crippen LogP contribution in [0.3, 0.4) is 0 Å². The first-order chi connectivity index (χ1) is 12.0. The van der Waals surface area contributed by atoms with E-state index in [0.717, 1.165) is 0 Å². The van der Waals surface area contributed by atoms with Crippen LogP contribution >= 0.6 is 0 Å². The molecule has 8 heteroatoms. The number of carbonyl (C=O) groups excluding carboxylic acids is 2. The molecule has 1 unspecified atom stereocenters. The quantitative estimate of drug-likeness (QED) is 0.888. The van der Waals surface area contributed by atoms with Gasteiger partial charge in [-0.25, -0.2) is 9.37 Å². The Balaban J connectivity index is 1.60. The highest BCUT2D eigenvalue weighted by Crippen LogP contribution is 2.19. The second kappa shape index (κ2) is 7.33. The van der Waals surface area contributed by atoms with Crippen molar-refractivity contribution in [3.05, 3.63) is 47.9 Å². The van der Waals surface area contributed by atoms with Crippen LogP contribution in [0.5, 0.6) is 5.75 Å². The second-order valence-corrected chi connectivity index (χ2v) is 5.87. The number of hydrogen-bond acceptors (Lipinski definition) is 5. The average Bonchev–Trinajstić information content (AvgIpc) is 3.08. The number of nitrogens with zero attached hydrogens (tertiary/aromatic N) is 2. The van der Waals surface area contributed by atoms with E-state index in [0.29, 0.717) is 25.1 Å². The Morgan fingerprint density at radius 3 is 3.04 bits per heavy atom. The molecule has 7 nitrogen and oxygen atoms in total. The number of primary amides is 1. The predicted molar refractivity (Wildman–Crippen MR) is 85.1 cm³/mol. The van der Waals surface area contributed by atoms with Crippen LogP contribution in [0.15, 0.2) is 34.9 Å². The number of oxazole rings is 1. The van der Waals surface area contributed by atoms with Gasteiger partial charge in [0, 0.05) is 19.2 Å². The highest BCUT2D eigenvalue weighted by atomic mass is 19.1. The van der Waals surface area contributed by atoms with Crippen LogP contribution in [-0.2, 0) is 11.4 Å². The van der Waals surface area contributed by atoms with E-state index in [9.17, 15) is 14.0 Å². The molecule has 2 aromatic rings. The number of piperidine rings is 1. The van der Waals surface area contributed by atoms with Crippen LogP contribution in [0.4, 0.5) is 4.39 Å². The van der Waals surface area contributed by atoms with Crippen molar-refractivity contribution in [3.63, 3.8) is 0 Å². The third kappa shape index (κ3) is 4.14. The molecule has 2 heterocycles. The van der Waals surface area contributed by atoms with E-state index < -0.39 is 11.7 Å². The third-order valence-corrected chi connectivity index (χ3v) is 4.04. The van der Waals surface area contributed by atoms with E-state index in [2.05, 4.69) is 4.98 Å². The number of halogens is 1. The standard InChI is InChI=1S/C17H18FN3O4/c18-12-4-1-5-13(7-12)24-10-15-20-14(9-25-15)17(23)21-6-2-3-11(8-21)16(19)22/h1,4-5,7,9,11H,2-3,6,8,10H2,(H2,19,22). The Kier molecular flexibility index (Phi) is 4.97. The van der Waals surface area contributed by atoms with Crippen molar-refractivity contribution in [2.24, 2.45) is 11.7 Å². The van der Waals surface area contributed by atoms with Gasteiger partial charge in [0.2, 0.25) is 11.8 Å². The van der Waals surface area contributed by atoms with Gasteiger partial charge in [-0.05, 0) is 25.0 Å². The maximum absolute atomic E-state index is 13.1. The van der Waals surface area contributed by atoms with Crippen LogP contribution in [0, 0.1) is 11.7 Å². The van der Waals surface area contributed by atoms with Crippen LogP contribution < -0.4 is 10.5 Å². The number of amides is 2. The second-order valence-electron chi connectivity index (χ2n) is 5.87. The highest BCUT2D eigenvalue weighted by Gasteiger charge is 2.29. The van der Waals surface area contributed by atoms with Crippen molar-refractivity contribution in [2.45, 2.75) is 19.4 Å². The fourth-order valence-electron chi connectivity index (χ4n) is 2.73. The predicted octanol–water partition coefficient (Wildman–Crippen LogP) is 1.73. The number of ether oxygens (including phenoxy) is 1. The van der Waals surface area contributed by atoms with E-state index in [1.54, 1.807) is 11.0 Å². The summed E-state index contributed by atoms with van der Waals surface area (Å²) in [7, 11) is 0. The maximum atomic E-state index is 13.1. The number of likely N-dealkylation sites (tertiary alicyclic amines) is 1. The monoisotopic (exact) mass is 347 g/mol. The Morgan fingerprint density at radius 2 is 2.28 bits per heavy atom. The summed E-state index contributed by atoms with van der Waals surface area (Å²) in [5, 5.41) is 0. The average molecular weight is 347 g/mol. The Hall–Kier alpha value is -2.90. The van der Waals surface area contributed by atoms with Crippen LogP contribution in [0.25, 0.3) is 0 Å². The van der Waals surface area contributed by atoms with Crippen LogP contribution in [0.2, 0.25) is 0 Å². The summed E-state index contributed by atoms with van der Waals surface area (Å²) in [5.74, 6) is -0.911. The zero-order valence-corrected chi connectivity index (χ0v) is 13.5. The lowest BCUT2D eigenvalue weighted by molar-refractivity contribution is -0.123. The summed E-state index contributed by atoms with van der Waals surface area (Å²) in [5.41, 5.74) is 5.47. The molecule has 0 bridgehead atoms. The summed E-state index contributed by atoms with van der Waals surface area (Å²) in [6, 6.07) is 5.69. The number of nitrogens with two attached hydrogens (primary N) is 1. The summed E-state index contributed by atoms with van der Waals surface area (Å²) in [6.45, 7) is 0.807. The molecule has 1 aliphatic rings. The first kappa shape index (κ1) is 16.9. The molecule has 3 rings (SSSR count). The molecular formula is C17H18FN3O4. The largest absolute Gasteiger partial charge is 0.484 e. The molecule has 0 spiro atoms. The SMILES string of the molecule is NC(=O)C1CCCN(C(=O)c2coc(COc3cccc(F)c3)n2)C1. The van der Waals surface area contributed by atoms with Crippen molar-refractivity contribution in [2.75, 3.05) is 13.1 Å². The zero-order valence-electron chi connectivity index (χ0n) is 13.5. The number of benzene rings is 1. The molecule has 1 aromatic heterocycles. The lowest BCUT2D eigenvalue weighted by Crippen LogP contribution is -2.44. The molecule has 0 radical (unpaired) electrons. The van der Waals surface area contributed by atoms with E-state index in [1.165, 1.54) is 24.5 Å². The van der Waals surface area contributed by atoms with Gasteiger partial charge >= 0.3 is 0 Å². The minimum atomic E-state index is -0.408. The molecule has 1 aliphatic heterocycles.